The fraction of sp³-hybridized carbons (Fsp3) is 0.143. The number of carboxylic acids is 1. The van der Waals surface area contributed by atoms with Gasteiger partial charge in [-0.05, 0) is 30.2 Å². The Balaban J connectivity index is 2.24. The summed E-state index contributed by atoms with van der Waals surface area (Å²) in [5, 5.41) is 12.6. The van der Waals surface area contributed by atoms with E-state index in [1.807, 2.05) is 26.1 Å². The van der Waals surface area contributed by atoms with Gasteiger partial charge in [0, 0.05) is 13.1 Å². The quantitative estimate of drug-likeness (QED) is 0.856. The molecule has 1 aromatic heterocycles. The minimum absolute atomic E-state index is 0.643. The van der Waals surface area contributed by atoms with Crippen molar-refractivity contribution in [3.05, 3.63) is 47.8 Å². The number of nitrogens with zero attached hydrogens (tertiary/aromatic N) is 2. The lowest BCUT2D eigenvalue weighted by Gasteiger charge is -2.07. The molecule has 0 atom stereocenters. The molecule has 0 saturated carbocycles. The molecule has 0 unspecified atom stereocenters. The molecule has 0 aliphatic rings. The van der Waals surface area contributed by atoms with Gasteiger partial charge in [-0.2, -0.15) is 5.10 Å². The van der Waals surface area contributed by atoms with Gasteiger partial charge >= 0.3 is 5.97 Å². The Morgan fingerprint density at radius 3 is 2.89 bits per heavy atom. The zero-order chi connectivity index (χ0) is 13.8. The first kappa shape index (κ1) is 12.9. The summed E-state index contributed by atoms with van der Waals surface area (Å²) in [5.41, 5.74) is 1.74. The lowest BCUT2D eigenvalue weighted by Crippen LogP contribution is -1.89. The van der Waals surface area contributed by atoms with Gasteiger partial charge in [-0.3, -0.25) is 4.68 Å². The Bertz CT molecular complexity index is 629. The molecule has 0 fully saturated rings. The molecule has 1 N–H and O–H groups in total. The zero-order valence-corrected chi connectivity index (χ0v) is 10.7. The zero-order valence-electron chi connectivity index (χ0n) is 10.7. The summed E-state index contributed by atoms with van der Waals surface area (Å²) in [6.45, 7) is 1.93. The first-order valence-corrected chi connectivity index (χ1v) is 5.73. The van der Waals surface area contributed by atoms with E-state index < -0.39 is 5.97 Å². The molecule has 5 heteroatoms. The average Bonchev–Trinajstić information content (AvgIpc) is 2.76. The molecule has 0 saturated heterocycles. The van der Waals surface area contributed by atoms with Crippen LogP contribution in [0.1, 0.15) is 11.1 Å². The monoisotopic (exact) mass is 258 g/mol. The second-order valence-electron chi connectivity index (χ2n) is 4.15. The third-order valence-electron chi connectivity index (χ3n) is 2.54. The van der Waals surface area contributed by atoms with Crippen LogP contribution >= 0.6 is 0 Å². The van der Waals surface area contributed by atoms with E-state index in [1.54, 1.807) is 23.1 Å². The highest BCUT2D eigenvalue weighted by atomic mass is 16.5. The number of carboxylic acid groups (broad SMARTS) is 1. The van der Waals surface area contributed by atoms with E-state index in [0.29, 0.717) is 11.5 Å². The maximum atomic E-state index is 10.5. The Morgan fingerprint density at radius 2 is 2.26 bits per heavy atom. The maximum Gasteiger partial charge on any atom is 0.328 e. The van der Waals surface area contributed by atoms with Gasteiger partial charge < -0.3 is 9.84 Å². The second kappa shape index (κ2) is 5.39. The van der Waals surface area contributed by atoms with Gasteiger partial charge in [0.1, 0.15) is 5.75 Å². The van der Waals surface area contributed by atoms with Gasteiger partial charge in [-0.1, -0.05) is 12.1 Å². The number of aromatic nitrogens is 2. The van der Waals surface area contributed by atoms with Crippen LogP contribution in [0.4, 0.5) is 0 Å². The number of carbonyl (C=O) groups is 1. The summed E-state index contributed by atoms with van der Waals surface area (Å²) in [6.07, 6.45) is 6.01. The SMILES string of the molecule is Cc1ccc(/C=C/C(=O)O)cc1Oc1cnn(C)c1. The Kier molecular flexibility index (Phi) is 3.66. The molecule has 0 amide bonds. The van der Waals surface area contributed by atoms with Crippen molar-refractivity contribution >= 4 is 12.0 Å². The van der Waals surface area contributed by atoms with Crippen LogP contribution in [0.15, 0.2) is 36.7 Å². The number of hydrogen-bond donors (Lipinski definition) is 1. The van der Waals surface area contributed by atoms with Crippen LogP contribution in [0.5, 0.6) is 11.5 Å². The Morgan fingerprint density at radius 1 is 1.47 bits per heavy atom. The molecular formula is C14H14N2O3. The number of aryl methyl sites for hydroxylation is 2. The predicted molar refractivity (Wildman–Crippen MR) is 71.1 cm³/mol. The van der Waals surface area contributed by atoms with Gasteiger partial charge in [0.25, 0.3) is 0 Å². The molecule has 0 aliphatic heterocycles. The van der Waals surface area contributed by atoms with E-state index >= 15 is 0 Å². The fourth-order valence-electron chi connectivity index (χ4n) is 1.58. The molecule has 0 bridgehead atoms. The lowest BCUT2D eigenvalue weighted by molar-refractivity contribution is -0.131. The van der Waals surface area contributed by atoms with Crippen molar-refractivity contribution in [3.8, 4) is 11.5 Å². The van der Waals surface area contributed by atoms with Gasteiger partial charge in [0.15, 0.2) is 5.75 Å². The van der Waals surface area contributed by atoms with Crippen LogP contribution in [-0.4, -0.2) is 20.9 Å². The molecule has 0 aliphatic carbocycles. The highest BCUT2D eigenvalue weighted by molar-refractivity contribution is 5.85. The molecular weight excluding hydrogens is 244 g/mol. The van der Waals surface area contributed by atoms with Crippen molar-refractivity contribution in [3.63, 3.8) is 0 Å². The molecule has 5 nitrogen and oxygen atoms in total. The summed E-state index contributed by atoms with van der Waals surface area (Å²) < 4.78 is 7.36. The van der Waals surface area contributed by atoms with Gasteiger partial charge in [0.05, 0.1) is 12.4 Å². The number of aliphatic carboxylic acids is 1. The van der Waals surface area contributed by atoms with E-state index in [-0.39, 0.29) is 0 Å². The predicted octanol–water partition coefficient (Wildman–Crippen LogP) is 2.62. The van der Waals surface area contributed by atoms with Crippen molar-refractivity contribution < 1.29 is 14.6 Å². The van der Waals surface area contributed by atoms with Crippen molar-refractivity contribution in [2.45, 2.75) is 6.92 Å². The van der Waals surface area contributed by atoms with Crippen LogP contribution in [0.2, 0.25) is 0 Å². The summed E-state index contributed by atoms with van der Waals surface area (Å²) in [7, 11) is 1.81. The second-order valence-corrected chi connectivity index (χ2v) is 4.15. The van der Waals surface area contributed by atoms with Crippen LogP contribution in [0, 0.1) is 6.92 Å². The lowest BCUT2D eigenvalue weighted by atomic mass is 10.1. The summed E-state index contributed by atoms with van der Waals surface area (Å²) >= 11 is 0. The van der Waals surface area contributed by atoms with E-state index in [4.69, 9.17) is 9.84 Å². The molecule has 2 aromatic rings. The first-order chi connectivity index (χ1) is 9.04. The van der Waals surface area contributed by atoms with Gasteiger partial charge in [-0.15, -0.1) is 0 Å². The Hall–Kier alpha value is -2.56. The van der Waals surface area contributed by atoms with E-state index in [9.17, 15) is 4.79 Å². The molecule has 0 spiro atoms. The van der Waals surface area contributed by atoms with Crippen LogP contribution in [0.25, 0.3) is 6.08 Å². The topological polar surface area (TPSA) is 64.3 Å². The Labute approximate surface area is 110 Å². The van der Waals surface area contributed by atoms with E-state index in [2.05, 4.69) is 5.10 Å². The van der Waals surface area contributed by atoms with E-state index in [1.165, 1.54) is 6.08 Å². The molecule has 98 valence electrons. The molecule has 2 rings (SSSR count). The number of rotatable bonds is 4. The summed E-state index contributed by atoms with van der Waals surface area (Å²) in [4.78, 5) is 10.5. The van der Waals surface area contributed by atoms with Crippen molar-refractivity contribution in [1.29, 1.82) is 0 Å². The highest BCUT2D eigenvalue weighted by Gasteiger charge is 2.04. The van der Waals surface area contributed by atoms with Crippen molar-refractivity contribution in [1.82, 2.24) is 9.78 Å². The van der Waals surface area contributed by atoms with Gasteiger partial charge in [0.2, 0.25) is 0 Å². The number of ether oxygens (including phenoxy) is 1. The standard InChI is InChI=1S/C14H14N2O3/c1-10-3-4-11(5-6-14(17)18)7-13(10)19-12-8-15-16(2)9-12/h3-9H,1-2H3,(H,17,18)/b6-5+. The largest absolute Gasteiger partial charge is 0.478 e. The summed E-state index contributed by atoms with van der Waals surface area (Å²) in [6, 6.07) is 5.51. The third kappa shape index (κ3) is 3.45. The summed E-state index contributed by atoms with van der Waals surface area (Å²) in [5.74, 6) is 0.348. The van der Waals surface area contributed by atoms with E-state index in [0.717, 1.165) is 17.2 Å². The highest BCUT2D eigenvalue weighted by Crippen LogP contribution is 2.26. The number of hydrogen-bond acceptors (Lipinski definition) is 3. The maximum absolute atomic E-state index is 10.5. The van der Waals surface area contributed by atoms with Crippen LogP contribution in [0.3, 0.4) is 0 Å². The molecule has 0 radical (unpaired) electrons. The molecule has 1 aromatic carbocycles. The average molecular weight is 258 g/mol. The fourth-order valence-corrected chi connectivity index (χ4v) is 1.58. The number of benzene rings is 1. The smallest absolute Gasteiger partial charge is 0.328 e. The minimum Gasteiger partial charge on any atom is -0.478 e. The van der Waals surface area contributed by atoms with Crippen LogP contribution in [-0.2, 0) is 11.8 Å². The first-order valence-electron chi connectivity index (χ1n) is 5.73. The van der Waals surface area contributed by atoms with Crippen LogP contribution < -0.4 is 4.74 Å². The van der Waals surface area contributed by atoms with Gasteiger partial charge in [-0.25, -0.2) is 4.79 Å². The molecule has 1 heterocycles. The van der Waals surface area contributed by atoms with Crippen molar-refractivity contribution in [2.75, 3.05) is 0 Å². The van der Waals surface area contributed by atoms with Crippen molar-refractivity contribution in [2.24, 2.45) is 7.05 Å². The third-order valence-corrected chi connectivity index (χ3v) is 2.54. The normalized spacial score (nSPS) is 10.8. The molecule has 19 heavy (non-hydrogen) atoms. The minimum atomic E-state index is -0.977.